The van der Waals surface area contributed by atoms with Crippen LogP contribution in [-0.2, 0) is 23.9 Å². The molecule has 2 heterocycles. The van der Waals surface area contributed by atoms with E-state index in [1.807, 2.05) is 0 Å². The molecule has 1 aromatic carbocycles. The van der Waals surface area contributed by atoms with Crippen molar-refractivity contribution in [3.8, 4) is 0 Å². The number of benzene rings is 1. The number of amides is 3. The molecule has 3 atom stereocenters. The fourth-order valence-corrected chi connectivity index (χ4v) is 3.97. The average molecular weight is 452 g/mol. The first kappa shape index (κ1) is 23.0. The number of cyclic esters (lactones) is 1. The Morgan fingerprint density at radius 2 is 2.10 bits per heavy atom. The van der Waals surface area contributed by atoms with Crippen molar-refractivity contribution in [3.05, 3.63) is 34.3 Å². The highest BCUT2D eigenvalue weighted by Gasteiger charge is 2.40. The number of hydrogen-bond donors (Lipinski definition) is 2. The lowest BCUT2D eigenvalue weighted by Crippen LogP contribution is -2.52. The maximum Gasteiger partial charge on any atom is 0.310 e. The molecule has 1 aromatic rings. The standard InChI is InChI=1S/C21H26ClN3O6/c1-3-30-21-14(10-17(27)31-21)24-20(29)15-8-5-9-25(15)16(26)11-23-19(28)13-7-4-6-12(2)18(13)22/h4,6-7,14-15,21H,3,5,8-11H2,1-2H3,(H,23,28)(H,24,29)/t14-,15-,21+/m0/s1. The predicted molar refractivity (Wildman–Crippen MR) is 111 cm³/mol. The van der Waals surface area contributed by atoms with Crippen LogP contribution in [0.25, 0.3) is 0 Å². The summed E-state index contributed by atoms with van der Waals surface area (Å²) < 4.78 is 10.4. The molecule has 0 bridgehead atoms. The number of carbonyl (C=O) groups is 4. The Balaban J connectivity index is 1.57. The summed E-state index contributed by atoms with van der Waals surface area (Å²) >= 11 is 6.17. The van der Waals surface area contributed by atoms with E-state index >= 15 is 0 Å². The van der Waals surface area contributed by atoms with Crippen LogP contribution in [0.15, 0.2) is 18.2 Å². The lowest BCUT2D eigenvalue weighted by Gasteiger charge is -2.26. The number of likely N-dealkylation sites (tertiary alicyclic amines) is 1. The minimum Gasteiger partial charge on any atom is -0.433 e. The van der Waals surface area contributed by atoms with Gasteiger partial charge >= 0.3 is 5.97 Å². The molecule has 3 rings (SSSR count). The van der Waals surface area contributed by atoms with Gasteiger partial charge in [0.25, 0.3) is 5.91 Å². The molecule has 2 saturated heterocycles. The van der Waals surface area contributed by atoms with E-state index in [1.165, 1.54) is 4.90 Å². The number of ether oxygens (including phenoxy) is 2. The van der Waals surface area contributed by atoms with Crippen LogP contribution in [0.4, 0.5) is 0 Å². The zero-order valence-corrected chi connectivity index (χ0v) is 18.2. The molecule has 0 spiro atoms. The van der Waals surface area contributed by atoms with E-state index in [0.29, 0.717) is 31.0 Å². The van der Waals surface area contributed by atoms with Gasteiger partial charge in [-0.1, -0.05) is 23.7 Å². The van der Waals surface area contributed by atoms with E-state index in [-0.39, 0.29) is 30.3 Å². The summed E-state index contributed by atoms with van der Waals surface area (Å²) in [5.74, 6) is -1.63. The van der Waals surface area contributed by atoms with E-state index in [9.17, 15) is 19.2 Å². The molecule has 0 aliphatic carbocycles. The van der Waals surface area contributed by atoms with E-state index in [4.69, 9.17) is 21.1 Å². The number of nitrogens with one attached hydrogen (secondary N) is 2. The number of esters is 1. The zero-order chi connectivity index (χ0) is 22.5. The maximum absolute atomic E-state index is 12.8. The van der Waals surface area contributed by atoms with E-state index < -0.39 is 30.3 Å². The number of carbonyl (C=O) groups excluding carboxylic acids is 4. The Labute approximate surface area is 185 Å². The van der Waals surface area contributed by atoms with Crippen LogP contribution in [0.1, 0.15) is 42.1 Å². The Kier molecular flexibility index (Phi) is 7.50. The highest BCUT2D eigenvalue weighted by Crippen LogP contribution is 2.22. The first-order valence-electron chi connectivity index (χ1n) is 10.3. The highest BCUT2D eigenvalue weighted by molar-refractivity contribution is 6.34. The molecule has 10 heteroatoms. The minimum absolute atomic E-state index is 0.0182. The van der Waals surface area contributed by atoms with E-state index in [2.05, 4.69) is 10.6 Å². The van der Waals surface area contributed by atoms with Crippen molar-refractivity contribution in [2.45, 2.75) is 51.5 Å². The molecule has 168 valence electrons. The predicted octanol–water partition coefficient (Wildman–Crippen LogP) is 1.16. The van der Waals surface area contributed by atoms with Gasteiger partial charge in [-0.2, -0.15) is 0 Å². The third-order valence-corrected chi connectivity index (χ3v) is 5.84. The van der Waals surface area contributed by atoms with Gasteiger partial charge in [0.05, 0.1) is 23.6 Å². The van der Waals surface area contributed by atoms with Crippen molar-refractivity contribution in [1.82, 2.24) is 15.5 Å². The second kappa shape index (κ2) is 10.1. The summed E-state index contributed by atoms with van der Waals surface area (Å²) in [5.41, 5.74) is 1.05. The molecular weight excluding hydrogens is 426 g/mol. The SMILES string of the molecule is CCO[C@@H]1OC(=O)C[C@@H]1NC(=O)[C@@H]1CCCN1C(=O)CNC(=O)c1cccc(C)c1Cl. The number of aryl methyl sites for hydroxylation is 1. The van der Waals surface area contributed by atoms with Gasteiger partial charge in [0, 0.05) is 13.2 Å². The quantitative estimate of drug-likeness (QED) is 0.601. The summed E-state index contributed by atoms with van der Waals surface area (Å²) in [4.78, 5) is 50.9. The third-order valence-electron chi connectivity index (χ3n) is 5.33. The lowest BCUT2D eigenvalue weighted by molar-refractivity contribution is -0.164. The molecule has 0 saturated carbocycles. The third kappa shape index (κ3) is 5.34. The van der Waals surface area contributed by atoms with Gasteiger partial charge in [-0.3, -0.25) is 19.2 Å². The second-order valence-electron chi connectivity index (χ2n) is 7.50. The molecule has 31 heavy (non-hydrogen) atoms. The molecule has 2 aliphatic rings. The van der Waals surface area contributed by atoms with Crippen LogP contribution in [-0.4, -0.2) is 66.7 Å². The molecule has 0 aromatic heterocycles. The van der Waals surface area contributed by atoms with Gasteiger partial charge in [-0.05, 0) is 38.3 Å². The first-order valence-corrected chi connectivity index (χ1v) is 10.6. The van der Waals surface area contributed by atoms with Crippen LogP contribution in [0.2, 0.25) is 5.02 Å². The first-order chi connectivity index (χ1) is 14.8. The Morgan fingerprint density at radius 1 is 1.32 bits per heavy atom. The van der Waals surface area contributed by atoms with Gasteiger partial charge in [0.2, 0.25) is 18.1 Å². The molecule has 2 fully saturated rings. The number of hydrogen-bond acceptors (Lipinski definition) is 6. The molecular formula is C21H26ClN3O6. The van der Waals surface area contributed by atoms with Crippen molar-refractivity contribution in [1.29, 1.82) is 0 Å². The molecule has 2 N–H and O–H groups in total. The largest absolute Gasteiger partial charge is 0.433 e. The fourth-order valence-electron chi connectivity index (χ4n) is 3.76. The van der Waals surface area contributed by atoms with Crippen LogP contribution in [0.3, 0.4) is 0 Å². The van der Waals surface area contributed by atoms with E-state index in [0.717, 1.165) is 5.56 Å². The summed E-state index contributed by atoms with van der Waals surface area (Å²) in [6.07, 6.45) is 0.349. The van der Waals surface area contributed by atoms with Crippen LogP contribution < -0.4 is 10.6 Å². The molecule has 3 amide bonds. The van der Waals surface area contributed by atoms with Crippen molar-refractivity contribution in [2.75, 3.05) is 19.7 Å². The topological polar surface area (TPSA) is 114 Å². The van der Waals surface area contributed by atoms with Gasteiger partial charge in [-0.15, -0.1) is 0 Å². The summed E-state index contributed by atoms with van der Waals surface area (Å²) in [7, 11) is 0. The molecule has 9 nitrogen and oxygen atoms in total. The van der Waals surface area contributed by atoms with Crippen molar-refractivity contribution >= 4 is 35.3 Å². The zero-order valence-electron chi connectivity index (χ0n) is 17.5. The fraction of sp³-hybridized carbons (Fsp3) is 0.524. The van der Waals surface area contributed by atoms with Gasteiger partial charge in [-0.25, -0.2) is 0 Å². The normalized spacial score (nSPS) is 22.9. The summed E-state index contributed by atoms with van der Waals surface area (Å²) in [5, 5.41) is 5.68. The average Bonchev–Trinajstić information content (AvgIpc) is 3.35. The van der Waals surface area contributed by atoms with Crippen LogP contribution in [0.5, 0.6) is 0 Å². The van der Waals surface area contributed by atoms with Gasteiger partial charge < -0.3 is 25.0 Å². The van der Waals surface area contributed by atoms with Crippen molar-refractivity contribution < 1.29 is 28.7 Å². The van der Waals surface area contributed by atoms with Gasteiger partial charge in [0.1, 0.15) is 12.1 Å². The summed E-state index contributed by atoms with van der Waals surface area (Å²) in [6, 6.07) is 3.81. The lowest BCUT2D eigenvalue weighted by atomic mass is 10.1. The van der Waals surface area contributed by atoms with Crippen LogP contribution >= 0.6 is 11.6 Å². The minimum atomic E-state index is -0.828. The van der Waals surface area contributed by atoms with Gasteiger partial charge in [0.15, 0.2) is 0 Å². The monoisotopic (exact) mass is 451 g/mol. The molecule has 2 aliphatic heterocycles. The second-order valence-corrected chi connectivity index (χ2v) is 7.88. The van der Waals surface area contributed by atoms with E-state index in [1.54, 1.807) is 32.0 Å². The number of rotatable bonds is 7. The maximum atomic E-state index is 12.8. The van der Waals surface area contributed by atoms with Crippen LogP contribution in [0, 0.1) is 6.92 Å². The Bertz CT molecular complexity index is 877. The van der Waals surface area contributed by atoms with Crippen molar-refractivity contribution in [2.24, 2.45) is 0 Å². The highest BCUT2D eigenvalue weighted by atomic mass is 35.5. The summed E-state index contributed by atoms with van der Waals surface area (Å²) in [6.45, 7) is 4.05. The Hall–Kier alpha value is -2.65. The molecule has 0 unspecified atom stereocenters. The Morgan fingerprint density at radius 3 is 2.84 bits per heavy atom. The van der Waals surface area contributed by atoms with Crippen molar-refractivity contribution in [3.63, 3.8) is 0 Å². The number of halogens is 1. The smallest absolute Gasteiger partial charge is 0.310 e. The molecule has 0 radical (unpaired) electrons. The number of nitrogens with zero attached hydrogens (tertiary/aromatic N) is 1.